The van der Waals surface area contributed by atoms with Crippen molar-refractivity contribution in [1.29, 1.82) is 0 Å². The Hall–Kier alpha value is -0.560. The molecule has 2 saturated carbocycles. The molecule has 33 heavy (non-hydrogen) atoms. The highest BCUT2D eigenvalue weighted by molar-refractivity contribution is 4.87. The molecule has 2 rings (SSSR count). The molecule has 0 saturated heterocycles. The van der Waals surface area contributed by atoms with E-state index in [0.29, 0.717) is 5.41 Å². The molecule has 2 N–H and O–H groups in total. The van der Waals surface area contributed by atoms with Crippen LogP contribution >= 0.6 is 0 Å². The predicted octanol–water partition coefficient (Wildman–Crippen LogP) is 10.3. The Morgan fingerprint density at radius 1 is 0.939 bits per heavy atom. The van der Waals surface area contributed by atoms with Crippen molar-refractivity contribution in [2.24, 2.45) is 52.6 Å². The molecule has 0 aromatic carbocycles. The lowest BCUT2D eigenvalue weighted by Crippen LogP contribution is -2.18. The molecule has 198 valence electrons. The maximum atomic E-state index is 4.85. The molecule has 0 radical (unpaired) electrons. The first-order valence-electron chi connectivity index (χ1n) is 14.3. The van der Waals surface area contributed by atoms with Gasteiger partial charge in [-0.05, 0) is 98.8 Å². The normalized spacial score (nSPS) is 26.9. The third-order valence-corrected chi connectivity index (χ3v) is 7.75. The van der Waals surface area contributed by atoms with Gasteiger partial charge in [-0.15, -0.1) is 6.58 Å². The van der Waals surface area contributed by atoms with E-state index in [-0.39, 0.29) is 0 Å². The van der Waals surface area contributed by atoms with Crippen molar-refractivity contribution in [3.05, 3.63) is 24.8 Å². The first-order valence-corrected chi connectivity index (χ1v) is 14.3. The van der Waals surface area contributed by atoms with Gasteiger partial charge in [0.05, 0.1) is 0 Å². The molecule has 1 heteroatoms. The number of nitrogens with two attached hydrogens (primary N) is 1. The summed E-state index contributed by atoms with van der Waals surface area (Å²) in [5.41, 5.74) is 5.36. The quantitative estimate of drug-likeness (QED) is 0.373. The lowest BCUT2D eigenvalue weighted by Gasteiger charge is -2.28. The molecule has 0 aliphatic heterocycles. The fourth-order valence-corrected chi connectivity index (χ4v) is 5.35. The van der Waals surface area contributed by atoms with Crippen molar-refractivity contribution >= 4 is 0 Å². The Morgan fingerprint density at radius 3 is 1.70 bits per heavy atom. The van der Waals surface area contributed by atoms with Crippen LogP contribution in [0.25, 0.3) is 0 Å². The SMILES string of the molecule is C/C=C\C(C)CC.C=CC(CC)C(C)CC1CCC(C(C)(C)C)C1.CC1CC(C)C1.CCN. The Balaban J connectivity index is 0. The number of allylic oxidation sites excluding steroid dienone is 3. The molecule has 0 aromatic rings. The van der Waals surface area contributed by atoms with Crippen LogP contribution in [0.3, 0.4) is 0 Å². The Bertz CT molecular complexity index is 459. The summed E-state index contributed by atoms with van der Waals surface area (Å²) < 4.78 is 0. The summed E-state index contributed by atoms with van der Waals surface area (Å²) in [6.45, 7) is 29.7. The molecule has 0 spiro atoms. The lowest BCUT2D eigenvalue weighted by molar-refractivity contribution is 0.230. The number of hydrogen-bond acceptors (Lipinski definition) is 1. The summed E-state index contributed by atoms with van der Waals surface area (Å²) in [7, 11) is 0. The predicted molar refractivity (Wildman–Crippen MR) is 155 cm³/mol. The second-order valence-electron chi connectivity index (χ2n) is 12.3. The Morgan fingerprint density at radius 2 is 1.45 bits per heavy atom. The zero-order valence-corrected chi connectivity index (χ0v) is 24.9. The van der Waals surface area contributed by atoms with Gasteiger partial charge in [0.15, 0.2) is 0 Å². The molecule has 0 aromatic heterocycles. The lowest BCUT2D eigenvalue weighted by atomic mass is 9.78. The summed E-state index contributed by atoms with van der Waals surface area (Å²) in [6, 6.07) is 0. The van der Waals surface area contributed by atoms with Crippen molar-refractivity contribution in [1.82, 2.24) is 0 Å². The highest BCUT2D eigenvalue weighted by Gasteiger charge is 2.33. The third-order valence-electron chi connectivity index (χ3n) is 7.75. The monoisotopic (exact) mass is 464 g/mol. The van der Waals surface area contributed by atoms with Crippen LogP contribution in [0.5, 0.6) is 0 Å². The van der Waals surface area contributed by atoms with E-state index in [1.54, 1.807) is 0 Å². The van der Waals surface area contributed by atoms with Crippen molar-refractivity contribution in [3.63, 3.8) is 0 Å². The summed E-state index contributed by atoms with van der Waals surface area (Å²) >= 11 is 0. The zero-order valence-electron chi connectivity index (χ0n) is 24.9. The molecule has 0 bridgehead atoms. The number of hydrogen-bond donors (Lipinski definition) is 1. The van der Waals surface area contributed by atoms with Crippen LogP contribution < -0.4 is 5.73 Å². The molecule has 5 unspecified atom stereocenters. The van der Waals surface area contributed by atoms with E-state index < -0.39 is 0 Å². The van der Waals surface area contributed by atoms with E-state index >= 15 is 0 Å². The summed E-state index contributed by atoms with van der Waals surface area (Å²) in [5, 5.41) is 0. The molecule has 2 fully saturated rings. The molecular weight excluding hydrogens is 398 g/mol. The molecule has 0 amide bonds. The van der Waals surface area contributed by atoms with Crippen LogP contribution in [0.4, 0.5) is 0 Å². The summed E-state index contributed by atoms with van der Waals surface area (Å²) in [6.07, 6.45) is 17.7. The minimum Gasteiger partial charge on any atom is -0.331 e. The van der Waals surface area contributed by atoms with E-state index in [4.69, 9.17) is 5.73 Å². The largest absolute Gasteiger partial charge is 0.331 e. The second kappa shape index (κ2) is 19.7. The Labute approximate surface area is 211 Å². The van der Waals surface area contributed by atoms with Crippen LogP contribution in [0.15, 0.2) is 24.8 Å². The van der Waals surface area contributed by atoms with Gasteiger partial charge in [0.25, 0.3) is 0 Å². The zero-order chi connectivity index (χ0) is 26.0. The van der Waals surface area contributed by atoms with Crippen molar-refractivity contribution in [2.75, 3.05) is 6.54 Å². The molecule has 5 atom stereocenters. The molecule has 0 heterocycles. The smallest absolute Gasteiger partial charge is 0.0106 e. The average molecular weight is 464 g/mol. The van der Waals surface area contributed by atoms with Crippen LogP contribution in [-0.4, -0.2) is 6.54 Å². The average Bonchev–Trinajstić information content (AvgIpc) is 3.19. The topological polar surface area (TPSA) is 26.0 Å². The molecule has 2 aliphatic carbocycles. The minimum atomic E-state index is 0.514. The van der Waals surface area contributed by atoms with Gasteiger partial charge in [0.1, 0.15) is 0 Å². The van der Waals surface area contributed by atoms with Gasteiger partial charge < -0.3 is 5.73 Å². The van der Waals surface area contributed by atoms with Crippen LogP contribution in [0, 0.1) is 46.8 Å². The summed E-state index contributed by atoms with van der Waals surface area (Å²) in [4.78, 5) is 0. The molecule has 2 aliphatic rings. The fourth-order valence-electron chi connectivity index (χ4n) is 5.35. The van der Waals surface area contributed by atoms with E-state index in [1.165, 1.54) is 51.4 Å². The summed E-state index contributed by atoms with van der Waals surface area (Å²) in [5.74, 6) is 6.32. The van der Waals surface area contributed by atoms with Crippen LogP contribution in [-0.2, 0) is 0 Å². The molecular formula is C32H65N. The standard InChI is InChI=1S/C17H32.C7H14.C6H12.C2H7N/c1-7-15(8-2)13(3)11-14-9-10-16(12-14)17(4,5)6;1-4-6-7(3)5-2;1-5-3-6(2)4-5;1-2-3/h7,13-16H,1,8-12H2,2-6H3;4,6-7H,5H2,1-3H3;5-6H,3-4H2,1-2H3;2-3H2,1H3/b;6-4-;;. The minimum absolute atomic E-state index is 0.514. The maximum Gasteiger partial charge on any atom is -0.0106 e. The highest BCUT2D eigenvalue weighted by atomic mass is 14.5. The van der Waals surface area contributed by atoms with Gasteiger partial charge in [-0.25, -0.2) is 0 Å². The van der Waals surface area contributed by atoms with Crippen molar-refractivity contribution in [3.8, 4) is 0 Å². The van der Waals surface area contributed by atoms with Gasteiger partial charge in [0.2, 0.25) is 0 Å². The number of rotatable bonds is 7. The van der Waals surface area contributed by atoms with Crippen LogP contribution in [0.1, 0.15) is 128 Å². The van der Waals surface area contributed by atoms with E-state index in [0.717, 1.165) is 48.0 Å². The highest BCUT2D eigenvalue weighted by Crippen LogP contribution is 2.44. The van der Waals surface area contributed by atoms with Crippen molar-refractivity contribution in [2.45, 2.75) is 128 Å². The first kappa shape index (κ1) is 34.6. The van der Waals surface area contributed by atoms with Gasteiger partial charge in [-0.2, -0.15) is 0 Å². The van der Waals surface area contributed by atoms with Crippen LogP contribution in [0.2, 0.25) is 0 Å². The van der Waals surface area contributed by atoms with Crippen molar-refractivity contribution < 1.29 is 0 Å². The second-order valence-corrected chi connectivity index (χ2v) is 12.3. The first-order chi connectivity index (χ1) is 15.4. The molecule has 1 nitrogen and oxygen atoms in total. The van der Waals surface area contributed by atoms with Gasteiger partial charge in [0, 0.05) is 0 Å². The van der Waals surface area contributed by atoms with E-state index in [2.05, 4.69) is 94.0 Å². The Kier molecular flexibility index (Phi) is 20.7. The van der Waals surface area contributed by atoms with E-state index in [9.17, 15) is 0 Å². The van der Waals surface area contributed by atoms with Gasteiger partial charge in [-0.3, -0.25) is 0 Å². The van der Waals surface area contributed by atoms with Gasteiger partial charge >= 0.3 is 0 Å². The third kappa shape index (κ3) is 17.5. The maximum absolute atomic E-state index is 4.85. The fraction of sp³-hybridized carbons (Fsp3) is 0.875. The van der Waals surface area contributed by atoms with Gasteiger partial charge in [-0.1, -0.05) is 100 Å². The van der Waals surface area contributed by atoms with E-state index in [1.807, 2.05) is 6.92 Å².